The molecule has 4 heteroatoms. The SMILES string of the molecule is Cc1cc(C(C)(C)C)ccc1Oc1cncc(Cl)n1. The van der Waals surface area contributed by atoms with Crippen LogP contribution in [0.15, 0.2) is 30.6 Å². The molecule has 2 rings (SSSR count). The van der Waals surface area contributed by atoms with E-state index >= 15 is 0 Å². The third-order valence-electron chi connectivity index (χ3n) is 2.84. The molecule has 0 aliphatic rings. The Morgan fingerprint density at radius 1 is 1.16 bits per heavy atom. The summed E-state index contributed by atoms with van der Waals surface area (Å²) in [5, 5.41) is 0.321. The first-order valence-corrected chi connectivity index (χ1v) is 6.50. The van der Waals surface area contributed by atoms with Gasteiger partial charge in [-0.2, -0.15) is 4.98 Å². The zero-order valence-electron chi connectivity index (χ0n) is 11.6. The van der Waals surface area contributed by atoms with Gasteiger partial charge in [0.25, 0.3) is 0 Å². The van der Waals surface area contributed by atoms with E-state index in [9.17, 15) is 0 Å². The molecule has 0 aliphatic carbocycles. The van der Waals surface area contributed by atoms with E-state index in [0.29, 0.717) is 11.0 Å². The molecule has 0 bridgehead atoms. The first kappa shape index (κ1) is 13.8. The molecule has 0 N–H and O–H groups in total. The van der Waals surface area contributed by atoms with Crippen LogP contribution in [0.3, 0.4) is 0 Å². The molecule has 0 atom stereocenters. The fourth-order valence-corrected chi connectivity index (χ4v) is 1.86. The zero-order valence-corrected chi connectivity index (χ0v) is 12.3. The second-order valence-electron chi connectivity index (χ2n) is 5.51. The van der Waals surface area contributed by atoms with Crippen LogP contribution in [-0.4, -0.2) is 9.97 Å². The molecule has 0 fully saturated rings. The number of hydrogen-bond acceptors (Lipinski definition) is 3. The summed E-state index contributed by atoms with van der Waals surface area (Å²) < 4.78 is 5.70. The Hall–Kier alpha value is -1.61. The van der Waals surface area contributed by atoms with Crippen molar-refractivity contribution < 1.29 is 4.74 Å². The smallest absolute Gasteiger partial charge is 0.239 e. The van der Waals surface area contributed by atoms with E-state index in [4.69, 9.17) is 16.3 Å². The van der Waals surface area contributed by atoms with Crippen LogP contribution < -0.4 is 4.74 Å². The lowest BCUT2D eigenvalue weighted by atomic mass is 9.86. The number of aryl methyl sites for hydroxylation is 1. The molecule has 1 heterocycles. The van der Waals surface area contributed by atoms with Gasteiger partial charge < -0.3 is 4.74 Å². The van der Waals surface area contributed by atoms with Gasteiger partial charge in [0.2, 0.25) is 5.88 Å². The van der Waals surface area contributed by atoms with Crippen molar-refractivity contribution >= 4 is 11.6 Å². The molecule has 2 aromatic rings. The minimum Gasteiger partial charge on any atom is -0.437 e. The van der Waals surface area contributed by atoms with Crippen molar-refractivity contribution in [1.29, 1.82) is 0 Å². The van der Waals surface area contributed by atoms with Crippen LogP contribution >= 0.6 is 11.6 Å². The number of halogens is 1. The zero-order chi connectivity index (χ0) is 14.0. The lowest BCUT2D eigenvalue weighted by Crippen LogP contribution is -2.11. The molecule has 0 saturated heterocycles. The summed E-state index contributed by atoms with van der Waals surface area (Å²) in [7, 11) is 0. The summed E-state index contributed by atoms with van der Waals surface area (Å²) in [6.07, 6.45) is 3.02. The lowest BCUT2D eigenvalue weighted by molar-refractivity contribution is 0.456. The van der Waals surface area contributed by atoms with E-state index in [1.54, 1.807) is 6.20 Å². The first-order valence-electron chi connectivity index (χ1n) is 6.13. The van der Waals surface area contributed by atoms with Gasteiger partial charge in [0.15, 0.2) is 5.15 Å². The van der Waals surface area contributed by atoms with Crippen LogP contribution in [0.5, 0.6) is 11.6 Å². The number of aromatic nitrogens is 2. The Balaban J connectivity index is 2.27. The van der Waals surface area contributed by atoms with Crippen LogP contribution in [-0.2, 0) is 5.41 Å². The van der Waals surface area contributed by atoms with E-state index < -0.39 is 0 Å². The monoisotopic (exact) mass is 276 g/mol. The highest BCUT2D eigenvalue weighted by atomic mass is 35.5. The highest BCUT2D eigenvalue weighted by molar-refractivity contribution is 6.29. The number of nitrogens with zero attached hydrogens (tertiary/aromatic N) is 2. The summed E-state index contributed by atoms with van der Waals surface area (Å²) in [5.41, 5.74) is 2.46. The molecule has 0 aliphatic heterocycles. The Morgan fingerprint density at radius 2 is 1.89 bits per heavy atom. The molecule has 3 nitrogen and oxygen atoms in total. The average Bonchev–Trinajstić information content (AvgIpc) is 2.30. The van der Waals surface area contributed by atoms with Crippen molar-refractivity contribution in [3.8, 4) is 11.6 Å². The third-order valence-corrected chi connectivity index (χ3v) is 3.02. The normalized spacial score (nSPS) is 11.4. The quantitative estimate of drug-likeness (QED) is 0.808. The van der Waals surface area contributed by atoms with Gasteiger partial charge in [-0.3, -0.25) is 4.98 Å². The van der Waals surface area contributed by atoms with E-state index in [0.717, 1.165) is 11.3 Å². The molecule has 0 spiro atoms. The maximum absolute atomic E-state index is 5.78. The van der Waals surface area contributed by atoms with E-state index in [1.807, 2.05) is 13.0 Å². The Kier molecular flexibility index (Phi) is 3.76. The first-order chi connectivity index (χ1) is 8.86. The van der Waals surface area contributed by atoms with Gasteiger partial charge >= 0.3 is 0 Å². The van der Waals surface area contributed by atoms with Crippen molar-refractivity contribution in [1.82, 2.24) is 9.97 Å². The maximum atomic E-state index is 5.78. The fourth-order valence-electron chi connectivity index (χ4n) is 1.72. The largest absolute Gasteiger partial charge is 0.437 e. The van der Waals surface area contributed by atoms with Crippen molar-refractivity contribution in [2.24, 2.45) is 0 Å². The standard InChI is InChI=1S/C15H17ClN2O/c1-10-7-11(15(2,3)4)5-6-12(10)19-14-9-17-8-13(16)18-14/h5-9H,1-4H3. The Bertz CT molecular complexity index is 591. The number of rotatable bonds is 2. The molecule has 100 valence electrons. The van der Waals surface area contributed by atoms with Crippen LogP contribution in [0.2, 0.25) is 5.15 Å². The summed E-state index contributed by atoms with van der Waals surface area (Å²) >= 11 is 5.78. The van der Waals surface area contributed by atoms with Crippen molar-refractivity contribution in [3.05, 3.63) is 46.9 Å². The van der Waals surface area contributed by atoms with Crippen molar-refractivity contribution in [3.63, 3.8) is 0 Å². The van der Waals surface area contributed by atoms with Crippen molar-refractivity contribution in [2.75, 3.05) is 0 Å². The lowest BCUT2D eigenvalue weighted by Gasteiger charge is -2.20. The second kappa shape index (κ2) is 5.17. The predicted octanol–water partition coefficient (Wildman–Crippen LogP) is 4.53. The molecular formula is C15H17ClN2O. The topological polar surface area (TPSA) is 35.0 Å². The molecule has 0 unspecified atom stereocenters. The molecule has 0 saturated carbocycles. The minimum atomic E-state index is 0.124. The molecule has 0 radical (unpaired) electrons. The number of benzene rings is 1. The van der Waals surface area contributed by atoms with Crippen LogP contribution in [0.1, 0.15) is 31.9 Å². The van der Waals surface area contributed by atoms with E-state index in [1.165, 1.54) is 11.8 Å². The van der Waals surface area contributed by atoms with Gasteiger partial charge in [0, 0.05) is 0 Å². The van der Waals surface area contributed by atoms with Gasteiger partial charge in [-0.15, -0.1) is 0 Å². The second-order valence-corrected chi connectivity index (χ2v) is 5.90. The highest BCUT2D eigenvalue weighted by Gasteiger charge is 2.15. The van der Waals surface area contributed by atoms with Gasteiger partial charge in [-0.05, 0) is 29.5 Å². The van der Waals surface area contributed by atoms with Gasteiger partial charge in [-0.25, -0.2) is 0 Å². The number of ether oxygens (including phenoxy) is 1. The van der Waals surface area contributed by atoms with Crippen LogP contribution in [0, 0.1) is 6.92 Å². The molecule has 19 heavy (non-hydrogen) atoms. The molecular weight excluding hydrogens is 260 g/mol. The summed E-state index contributed by atoms with van der Waals surface area (Å²) in [6.45, 7) is 8.57. The third kappa shape index (κ3) is 3.44. The van der Waals surface area contributed by atoms with Crippen molar-refractivity contribution in [2.45, 2.75) is 33.1 Å². The highest BCUT2D eigenvalue weighted by Crippen LogP contribution is 2.29. The van der Waals surface area contributed by atoms with Crippen LogP contribution in [0.25, 0.3) is 0 Å². The van der Waals surface area contributed by atoms with Gasteiger partial charge in [-0.1, -0.05) is 44.5 Å². The van der Waals surface area contributed by atoms with Gasteiger partial charge in [0.1, 0.15) is 5.75 Å². The van der Waals surface area contributed by atoms with Gasteiger partial charge in [0.05, 0.1) is 12.4 Å². The summed E-state index contributed by atoms with van der Waals surface area (Å²) in [4.78, 5) is 8.01. The average molecular weight is 277 g/mol. The van der Waals surface area contributed by atoms with Crippen LogP contribution in [0.4, 0.5) is 0 Å². The van der Waals surface area contributed by atoms with E-state index in [2.05, 4.69) is 42.9 Å². The molecule has 1 aromatic heterocycles. The van der Waals surface area contributed by atoms with E-state index in [-0.39, 0.29) is 5.41 Å². The minimum absolute atomic E-state index is 0.124. The Morgan fingerprint density at radius 3 is 2.47 bits per heavy atom. The Labute approximate surface area is 118 Å². The maximum Gasteiger partial charge on any atom is 0.239 e. The fraction of sp³-hybridized carbons (Fsp3) is 0.333. The molecule has 0 amide bonds. The number of hydrogen-bond donors (Lipinski definition) is 0. The summed E-state index contributed by atoms with van der Waals surface area (Å²) in [5.74, 6) is 1.17. The molecule has 1 aromatic carbocycles. The summed E-state index contributed by atoms with van der Waals surface area (Å²) in [6, 6.07) is 6.16. The predicted molar refractivity (Wildman–Crippen MR) is 77.0 cm³/mol.